The molecule has 0 aliphatic carbocycles. The second-order valence-corrected chi connectivity index (χ2v) is 8.73. The SMILES string of the molecule is CCn1c(SCC(=O)Nc2nccs2)nnc1[C@@H](C)NC(=O)c1ccc(Cl)c(Cl)c1. The number of benzene rings is 1. The second-order valence-electron chi connectivity index (χ2n) is 6.08. The van der Waals surface area contributed by atoms with Gasteiger partial charge < -0.3 is 15.2 Å². The Morgan fingerprint density at radius 3 is 2.73 bits per heavy atom. The van der Waals surface area contributed by atoms with E-state index in [-0.39, 0.29) is 17.6 Å². The smallest absolute Gasteiger partial charge is 0.251 e. The van der Waals surface area contributed by atoms with Gasteiger partial charge in [0.2, 0.25) is 5.91 Å². The molecule has 2 aromatic heterocycles. The van der Waals surface area contributed by atoms with Gasteiger partial charge in [-0.3, -0.25) is 9.59 Å². The third kappa shape index (κ3) is 5.51. The van der Waals surface area contributed by atoms with Crippen molar-refractivity contribution in [1.82, 2.24) is 25.1 Å². The Labute approximate surface area is 191 Å². The van der Waals surface area contributed by atoms with Crippen LogP contribution in [0.15, 0.2) is 34.9 Å². The predicted octanol–water partition coefficient (Wildman–Crippen LogP) is 4.28. The fraction of sp³-hybridized carbons (Fsp3) is 0.278. The molecule has 1 atom stereocenters. The van der Waals surface area contributed by atoms with Crippen molar-refractivity contribution in [2.45, 2.75) is 31.6 Å². The zero-order valence-electron chi connectivity index (χ0n) is 16.1. The fourth-order valence-corrected chi connectivity index (χ4v) is 4.23. The molecular weight excluding hydrogens is 467 g/mol. The molecule has 158 valence electrons. The van der Waals surface area contributed by atoms with Crippen LogP contribution in [0, 0.1) is 0 Å². The Kier molecular flexibility index (Phi) is 7.70. The molecular formula is C18H18Cl2N6O2S2. The van der Waals surface area contributed by atoms with E-state index < -0.39 is 6.04 Å². The minimum atomic E-state index is -0.405. The van der Waals surface area contributed by atoms with Crippen molar-refractivity contribution in [3.8, 4) is 0 Å². The third-order valence-electron chi connectivity index (χ3n) is 3.99. The maximum absolute atomic E-state index is 12.5. The summed E-state index contributed by atoms with van der Waals surface area (Å²) in [4.78, 5) is 28.6. The highest BCUT2D eigenvalue weighted by molar-refractivity contribution is 7.99. The minimum absolute atomic E-state index is 0.168. The second kappa shape index (κ2) is 10.3. The summed E-state index contributed by atoms with van der Waals surface area (Å²) >= 11 is 14.5. The average Bonchev–Trinajstić information content (AvgIpc) is 3.37. The molecule has 0 aliphatic rings. The number of carbonyl (C=O) groups is 2. The number of hydrogen-bond acceptors (Lipinski definition) is 7. The van der Waals surface area contributed by atoms with Gasteiger partial charge in [-0.2, -0.15) is 0 Å². The Morgan fingerprint density at radius 1 is 1.27 bits per heavy atom. The number of aromatic nitrogens is 4. The lowest BCUT2D eigenvalue weighted by Crippen LogP contribution is -2.28. The molecule has 2 N–H and O–H groups in total. The van der Waals surface area contributed by atoms with Crippen LogP contribution >= 0.6 is 46.3 Å². The minimum Gasteiger partial charge on any atom is -0.342 e. The highest BCUT2D eigenvalue weighted by Crippen LogP contribution is 2.24. The van der Waals surface area contributed by atoms with Gasteiger partial charge in [-0.1, -0.05) is 35.0 Å². The molecule has 0 saturated carbocycles. The molecule has 3 rings (SSSR count). The predicted molar refractivity (Wildman–Crippen MR) is 120 cm³/mol. The molecule has 30 heavy (non-hydrogen) atoms. The van der Waals surface area contributed by atoms with E-state index in [1.54, 1.807) is 23.7 Å². The number of nitrogens with zero attached hydrogens (tertiary/aromatic N) is 4. The number of nitrogens with one attached hydrogen (secondary N) is 2. The van der Waals surface area contributed by atoms with Gasteiger partial charge in [0, 0.05) is 23.7 Å². The first-order valence-electron chi connectivity index (χ1n) is 8.90. The van der Waals surface area contributed by atoms with E-state index in [0.29, 0.717) is 38.3 Å². The van der Waals surface area contributed by atoms with Crippen molar-refractivity contribution in [1.29, 1.82) is 0 Å². The summed E-state index contributed by atoms with van der Waals surface area (Å²) in [6.45, 7) is 4.35. The Bertz CT molecular complexity index is 1040. The Hall–Kier alpha value is -2.14. The summed E-state index contributed by atoms with van der Waals surface area (Å²) in [6.07, 6.45) is 1.63. The molecule has 0 bridgehead atoms. The number of carbonyl (C=O) groups excluding carboxylic acids is 2. The van der Waals surface area contributed by atoms with Crippen molar-refractivity contribution >= 4 is 63.2 Å². The van der Waals surface area contributed by atoms with E-state index in [1.807, 2.05) is 18.4 Å². The molecule has 0 unspecified atom stereocenters. The van der Waals surface area contributed by atoms with E-state index in [2.05, 4.69) is 25.8 Å². The topological polar surface area (TPSA) is 102 Å². The van der Waals surface area contributed by atoms with Crippen LogP contribution in [0.4, 0.5) is 5.13 Å². The van der Waals surface area contributed by atoms with Gasteiger partial charge in [-0.05, 0) is 32.0 Å². The summed E-state index contributed by atoms with van der Waals surface area (Å²) in [5.74, 6) is 0.280. The highest BCUT2D eigenvalue weighted by Gasteiger charge is 2.20. The quantitative estimate of drug-likeness (QED) is 0.462. The van der Waals surface area contributed by atoms with Crippen LogP contribution in [0.3, 0.4) is 0 Å². The average molecular weight is 485 g/mol. The standard InChI is InChI=1S/C18H18Cl2N6O2S2/c1-3-26-15(10(2)22-16(28)11-4-5-12(19)13(20)8-11)24-25-18(26)30-9-14(27)23-17-21-6-7-29-17/h4-8,10H,3,9H2,1-2H3,(H,22,28)(H,21,23,27)/t10-/m1/s1. The zero-order chi connectivity index (χ0) is 21.7. The van der Waals surface area contributed by atoms with Crippen molar-refractivity contribution in [3.63, 3.8) is 0 Å². The molecule has 3 aromatic rings. The van der Waals surface area contributed by atoms with E-state index in [1.165, 1.54) is 29.2 Å². The summed E-state index contributed by atoms with van der Waals surface area (Å²) in [5, 5.41) is 17.6. The number of rotatable bonds is 8. The number of halogens is 2. The van der Waals surface area contributed by atoms with E-state index >= 15 is 0 Å². The van der Waals surface area contributed by atoms with Crippen molar-refractivity contribution in [2.75, 3.05) is 11.1 Å². The maximum Gasteiger partial charge on any atom is 0.251 e. The molecule has 8 nitrogen and oxygen atoms in total. The third-order valence-corrected chi connectivity index (χ3v) is 6.38. The van der Waals surface area contributed by atoms with Gasteiger partial charge in [-0.15, -0.1) is 21.5 Å². The largest absolute Gasteiger partial charge is 0.342 e. The van der Waals surface area contributed by atoms with Crippen LogP contribution < -0.4 is 10.6 Å². The Morgan fingerprint density at radius 2 is 2.07 bits per heavy atom. The van der Waals surface area contributed by atoms with E-state index in [4.69, 9.17) is 23.2 Å². The van der Waals surface area contributed by atoms with Gasteiger partial charge >= 0.3 is 0 Å². The lowest BCUT2D eigenvalue weighted by Gasteiger charge is -2.15. The summed E-state index contributed by atoms with van der Waals surface area (Å²) in [5.41, 5.74) is 0.396. The molecule has 0 spiro atoms. The summed E-state index contributed by atoms with van der Waals surface area (Å²) in [7, 11) is 0. The molecule has 12 heteroatoms. The van der Waals surface area contributed by atoms with Crippen molar-refractivity contribution < 1.29 is 9.59 Å². The molecule has 2 heterocycles. The normalized spacial score (nSPS) is 11.9. The molecule has 0 aliphatic heterocycles. The lowest BCUT2D eigenvalue weighted by molar-refractivity contribution is -0.113. The van der Waals surface area contributed by atoms with Gasteiger partial charge in [0.05, 0.1) is 21.8 Å². The molecule has 0 saturated heterocycles. The van der Waals surface area contributed by atoms with E-state index in [9.17, 15) is 9.59 Å². The number of anilines is 1. The van der Waals surface area contributed by atoms with Gasteiger partial charge in [0.15, 0.2) is 16.1 Å². The van der Waals surface area contributed by atoms with Gasteiger partial charge in [0.1, 0.15) is 0 Å². The summed E-state index contributed by atoms with van der Waals surface area (Å²) in [6, 6.07) is 4.28. The van der Waals surface area contributed by atoms with Gasteiger partial charge in [0.25, 0.3) is 5.91 Å². The van der Waals surface area contributed by atoms with Crippen LogP contribution in [-0.2, 0) is 11.3 Å². The van der Waals surface area contributed by atoms with E-state index in [0.717, 1.165) is 0 Å². The zero-order valence-corrected chi connectivity index (χ0v) is 19.2. The van der Waals surface area contributed by atoms with Crippen molar-refractivity contribution in [2.24, 2.45) is 0 Å². The van der Waals surface area contributed by atoms with Crippen LogP contribution in [0.25, 0.3) is 0 Å². The number of hydrogen-bond donors (Lipinski definition) is 2. The van der Waals surface area contributed by atoms with Crippen LogP contribution in [0.2, 0.25) is 10.0 Å². The first-order valence-corrected chi connectivity index (χ1v) is 11.5. The van der Waals surface area contributed by atoms with Crippen molar-refractivity contribution in [3.05, 3.63) is 51.2 Å². The molecule has 1 aromatic carbocycles. The maximum atomic E-state index is 12.5. The fourth-order valence-electron chi connectivity index (χ4n) is 2.58. The first-order chi connectivity index (χ1) is 14.4. The number of amides is 2. The molecule has 2 amide bonds. The van der Waals surface area contributed by atoms with Crippen LogP contribution in [0.1, 0.15) is 36.1 Å². The monoisotopic (exact) mass is 484 g/mol. The molecule has 0 radical (unpaired) electrons. The highest BCUT2D eigenvalue weighted by atomic mass is 35.5. The first kappa shape index (κ1) is 22.5. The summed E-state index contributed by atoms with van der Waals surface area (Å²) < 4.78 is 1.86. The lowest BCUT2D eigenvalue weighted by atomic mass is 10.2. The van der Waals surface area contributed by atoms with Gasteiger partial charge in [-0.25, -0.2) is 4.98 Å². The molecule has 0 fully saturated rings. The number of thioether (sulfide) groups is 1. The number of thiazole rings is 1. The Balaban J connectivity index is 1.64. The van der Waals surface area contributed by atoms with Crippen LogP contribution in [0.5, 0.6) is 0 Å². The van der Waals surface area contributed by atoms with Crippen LogP contribution in [-0.4, -0.2) is 37.3 Å².